The lowest BCUT2D eigenvalue weighted by Gasteiger charge is -2.10. The number of carbonyl (C=O) groups excluding carboxylic acids is 2. The lowest BCUT2D eigenvalue weighted by atomic mass is 10.1. The van der Waals surface area contributed by atoms with Crippen molar-refractivity contribution >= 4 is 23.3 Å². The van der Waals surface area contributed by atoms with Crippen LogP contribution in [-0.4, -0.2) is 21.7 Å². The Labute approximate surface area is 198 Å². The van der Waals surface area contributed by atoms with Crippen molar-refractivity contribution in [3.63, 3.8) is 0 Å². The highest BCUT2D eigenvalue weighted by molar-refractivity contribution is 5.99. The monoisotopic (exact) mass is 453 g/mol. The lowest BCUT2D eigenvalue weighted by molar-refractivity contribution is -0.121. The Bertz CT molecular complexity index is 1270. The Hall–Kier alpha value is -4.39. The van der Waals surface area contributed by atoms with Gasteiger partial charge in [0.1, 0.15) is 0 Å². The fraction of sp³-hybridized carbons (Fsp3) is 0.148. The minimum absolute atomic E-state index is 0.0389. The first-order valence-corrected chi connectivity index (χ1v) is 11.1. The summed E-state index contributed by atoms with van der Waals surface area (Å²) >= 11 is 0. The Balaban J connectivity index is 1.24. The van der Waals surface area contributed by atoms with Crippen molar-refractivity contribution in [2.75, 3.05) is 10.6 Å². The van der Waals surface area contributed by atoms with Gasteiger partial charge in [-0.15, -0.1) is 0 Å². The molecule has 34 heavy (non-hydrogen) atoms. The average Bonchev–Trinajstić information content (AvgIpc) is 3.31. The van der Waals surface area contributed by atoms with Gasteiger partial charge in [0.15, 0.2) is 0 Å². The molecule has 7 nitrogen and oxygen atoms in total. The third-order valence-corrected chi connectivity index (χ3v) is 5.25. The minimum atomic E-state index is -0.317. The number of urea groups is 1. The van der Waals surface area contributed by atoms with Gasteiger partial charge in [0.25, 0.3) is 0 Å². The molecule has 0 saturated carbocycles. The maximum absolute atomic E-state index is 12.3. The van der Waals surface area contributed by atoms with E-state index in [4.69, 9.17) is 0 Å². The van der Waals surface area contributed by atoms with Gasteiger partial charge in [-0.1, -0.05) is 42.5 Å². The van der Waals surface area contributed by atoms with Gasteiger partial charge in [-0.3, -0.25) is 4.79 Å². The van der Waals surface area contributed by atoms with Crippen LogP contribution in [0.4, 0.5) is 16.2 Å². The van der Waals surface area contributed by atoms with Crippen molar-refractivity contribution in [2.24, 2.45) is 0 Å². The van der Waals surface area contributed by atoms with E-state index in [1.165, 1.54) is 0 Å². The molecule has 0 aliphatic rings. The zero-order valence-electron chi connectivity index (χ0n) is 19.0. The van der Waals surface area contributed by atoms with Gasteiger partial charge in [-0.25, -0.2) is 9.48 Å². The van der Waals surface area contributed by atoms with Crippen LogP contribution >= 0.6 is 0 Å². The highest BCUT2D eigenvalue weighted by Gasteiger charge is 2.07. The first-order valence-electron chi connectivity index (χ1n) is 11.1. The normalized spacial score (nSPS) is 10.5. The van der Waals surface area contributed by atoms with Crippen molar-refractivity contribution in [1.82, 2.24) is 15.1 Å². The highest BCUT2D eigenvalue weighted by atomic mass is 16.2. The molecule has 0 bridgehead atoms. The molecule has 0 radical (unpaired) electrons. The molecule has 0 fully saturated rings. The topological polar surface area (TPSA) is 88.1 Å². The van der Waals surface area contributed by atoms with Crippen LogP contribution in [0.2, 0.25) is 0 Å². The third-order valence-electron chi connectivity index (χ3n) is 5.25. The summed E-state index contributed by atoms with van der Waals surface area (Å²) in [7, 11) is 0. The van der Waals surface area contributed by atoms with E-state index in [1.54, 1.807) is 10.9 Å². The van der Waals surface area contributed by atoms with Crippen LogP contribution in [0.1, 0.15) is 23.1 Å². The first kappa shape index (κ1) is 22.8. The summed E-state index contributed by atoms with van der Waals surface area (Å²) in [5.41, 5.74) is 5.35. The van der Waals surface area contributed by atoms with Crippen LogP contribution < -0.4 is 16.0 Å². The van der Waals surface area contributed by atoms with Crippen LogP contribution in [0.3, 0.4) is 0 Å². The summed E-state index contributed by atoms with van der Waals surface area (Å²) in [6, 6.07) is 24.6. The van der Waals surface area contributed by atoms with Crippen LogP contribution in [0, 0.1) is 6.92 Å². The predicted molar refractivity (Wildman–Crippen MR) is 134 cm³/mol. The number of hydrogen-bond donors (Lipinski definition) is 3. The molecule has 1 aromatic heterocycles. The minimum Gasteiger partial charge on any atom is -0.352 e. The molecule has 3 N–H and O–H groups in total. The highest BCUT2D eigenvalue weighted by Crippen LogP contribution is 2.14. The van der Waals surface area contributed by atoms with Crippen LogP contribution in [0.5, 0.6) is 0 Å². The van der Waals surface area contributed by atoms with E-state index in [1.807, 2.05) is 92.0 Å². The molecule has 0 spiro atoms. The number of aromatic nitrogens is 2. The maximum atomic E-state index is 12.3. The predicted octanol–water partition coefficient (Wildman–Crippen LogP) is 5.07. The molecule has 7 heteroatoms. The van der Waals surface area contributed by atoms with E-state index in [2.05, 4.69) is 21.0 Å². The van der Waals surface area contributed by atoms with Crippen molar-refractivity contribution in [3.05, 3.63) is 108 Å². The summed E-state index contributed by atoms with van der Waals surface area (Å²) < 4.78 is 1.81. The lowest BCUT2D eigenvalue weighted by Crippen LogP contribution is -2.23. The second-order valence-corrected chi connectivity index (χ2v) is 8.05. The van der Waals surface area contributed by atoms with Gasteiger partial charge in [0, 0.05) is 30.5 Å². The molecule has 0 saturated heterocycles. The summed E-state index contributed by atoms with van der Waals surface area (Å²) in [5, 5.41) is 13.0. The number of carbonyl (C=O) groups is 2. The average molecular weight is 454 g/mol. The van der Waals surface area contributed by atoms with Gasteiger partial charge in [0.2, 0.25) is 5.91 Å². The summed E-state index contributed by atoms with van der Waals surface area (Å²) in [6.07, 6.45) is 4.72. The van der Waals surface area contributed by atoms with E-state index in [9.17, 15) is 9.59 Å². The number of amides is 3. The smallest absolute Gasteiger partial charge is 0.323 e. The van der Waals surface area contributed by atoms with E-state index in [-0.39, 0.29) is 11.9 Å². The van der Waals surface area contributed by atoms with Crippen molar-refractivity contribution in [3.8, 4) is 5.69 Å². The Morgan fingerprint density at radius 2 is 1.59 bits per heavy atom. The van der Waals surface area contributed by atoms with Crippen molar-refractivity contribution in [2.45, 2.75) is 26.3 Å². The number of rotatable bonds is 8. The quantitative estimate of drug-likeness (QED) is 0.348. The maximum Gasteiger partial charge on any atom is 0.323 e. The zero-order valence-corrected chi connectivity index (χ0v) is 19.0. The van der Waals surface area contributed by atoms with Gasteiger partial charge in [0.05, 0.1) is 11.9 Å². The van der Waals surface area contributed by atoms with Crippen molar-refractivity contribution in [1.29, 1.82) is 0 Å². The molecule has 172 valence electrons. The summed E-state index contributed by atoms with van der Waals surface area (Å²) in [5.74, 6) is -0.0389. The number of para-hydroxylation sites is 1. The number of hydrogen-bond acceptors (Lipinski definition) is 3. The molecular weight excluding hydrogens is 426 g/mol. The van der Waals surface area contributed by atoms with E-state index >= 15 is 0 Å². The molecule has 0 unspecified atom stereocenters. The molecule has 0 aliphatic heterocycles. The molecular formula is C27H27N5O2. The standard InChI is InChI=1S/C27H27N5O2/c1-20-7-5-9-23(15-20)30-27(34)31-24-10-6-8-21(16-24)17-28-26(33)14-13-22-18-29-32(19-22)25-11-3-2-4-12-25/h2-12,15-16,18-19H,13-14,17H2,1H3,(H,28,33)(H2,30,31,34). The molecule has 4 rings (SSSR count). The Morgan fingerprint density at radius 1 is 0.853 bits per heavy atom. The number of benzene rings is 3. The molecule has 3 aromatic carbocycles. The number of nitrogens with one attached hydrogen (secondary N) is 3. The summed E-state index contributed by atoms with van der Waals surface area (Å²) in [6.45, 7) is 2.36. The van der Waals surface area contributed by atoms with E-state index in [0.29, 0.717) is 25.1 Å². The third kappa shape index (κ3) is 6.56. The Kier molecular flexibility index (Phi) is 7.35. The van der Waals surface area contributed by atoms with Crippen LogP contribution in [-0.2, 0) is 17.8 Å². The van der Waals surface area contributed by atoms with Crippen LogP contribution in [0.25, 0.3) is 5.69 Å². The SMILES string of the molecule is Cc1cccc(NC(=O)Nc2cccc(CNC(=O)CCc3cnn(-c4ccccc4)c3)c2)c1. The van der Waals surface area contributed by atoms with Gasteiger partial charge in [-0.2, -0.15) is 5.10 Å². The fourth-order valence-electron chi connectivity index (χ4n) is 3.53. The molecule has 0 aliphatic carbocycles. The summed E-state index contributed by atoms with van der Waals surface area (Å²) in [4.78, 5) is 24.6. The molecule has 0 atom stereocenters. The van der Waals surface area contributed by atoms with E-state index < -0.39 is 0 Å². The van der Waals surface area contributed by atoms with Gasteiger partial charge >= 0.3 is 6.03 Å². The molecule has 4 aromatic rings. The van der Waals surface area contributed by atoms with Gasteiger partial charge < -0.3 is 16.0 Å². The van der Waals surface area contributed by atoms with Gasteiger partial charge in [-0.05, 0) is 66.4 Å². The number of nitrogens with zero attached hydrogens (tertiary/aromatic N) is 2. The number of aryl methyl sites for hydroxylation is 2. The second-order valence-electron chi connectivity index (χ2n) is 8.05. The van der Waals surface area contributed by atoms with Crippen LogP contribution in [0.15, 0.2) is 91.3 Å². The Morgan fingerprint density at radius 3 is 2.35 bits per heavy atom. The first-order chi connectivity index (χ1) is 16.5. The molecule has 1 heterocycles. The van der Waals surface area contributed by atoms with Crippen molar-refractivity contribution < 1.29 is 9.59 Å². The molecule has 3 amide bonds. The van der Waals surface area contributed by atoms with E-state index in [0.717, 1.165) is 28.1 Å². The second kappa shape index (κ2) is 11.0. The number of anilines is 2. The fourth-order valence-corrected chi connectivity index (χ4v) is 3.53. The zero-order chi connectivity index (χ0) is 23.8. The largest absolute Gasteiger partial charge is 0.352 e.